The number of nitrogens with two attached hydrogens (primary N) is 2. The highest BCUT2D eigenvalue weighted by atomic mass is 16.4. The highest BCUT2D eigenvalue weighted by molar-refractivity contribution is 5.95. The number of hydrogen-bond acceptors (Lipinski definition) is 8. The van der Waals surface area contributed by atoms with Gasteiger partial charge in [0.15, 0.2) is 0 Å². The molecule has 1 heterocycles. The van der Waals surface area contributed by atoms with Gasteiger partial charge in [-0.15, -0.1) is 0 Å². The van der Waals surface area contributed by atoms with Crippen molar-refractivity contribution < 1.29 is 34.2 Å². The Morgan fingerprint density at radius 1 is 1.00 bits per heavy atom. The van der Waals surface area contributed by atoms with Gasteiger partial charge in [-0.3, -0.25) is 19.2 Å². The molecular weight excluding hydrogens is 438 g/mol. The Bertz CT molecular complexity index is 813. The Balaban J connectivity index is 2.96. The maximum atomic E-state index is 12.8. The van der Waals surface area contributed by atoms with Crippen LogP contribution in [0.1, 0.15) is 38.3 Å². The lowest BCUT2D eigenvalue weighted by atomic mass is 10.1. The van der Waals surface area contributed by atoms with Crippen LogP contribution < -0.4 is 27.4 Å². The fourth-order valence-corrected chi connectivity index (χ4v) is 2.81. The van der Waals surface area contributed by atoms with E-state index in [9.17, 15) is 29.1 Å². The van der Waals surface area contributed by atoms with E-state index >= 15 is 0 Å². The Morgan fingerprint density at radius 3 is 2.12 bits per heavy atom. The van der Waals surface area contributed by atoms with Crippen LogP contribution in [0.25, 0.3) is 0 Å². The number of aromatic nitrogens is 2. The van der Waals surface area contributed by atoms with Crippen molar-refractivity contribution in [1.29, 1.82) is 0 Å². The van der Waals surface area contributed by atoms with Gasteiger partial charge in [-0.05, 0) is 32.7 Å². The van der Waals surface area contributed by atoms with E-state index in [-0.39, 0.29) is 12.8 Å². The molecule has 4 atom stereocenters. The molecule has 184 valence electrons. The molecule has 0 bridgehead atoms. The molecule has 33 heavy (non-hydrogen) atoms. The molecule has 0 saturated heterocycles. The van der Waals surface area contributed by atoms with Crippen LogP contribution >= 0.6 is 0 Å². The highest BCUT2D eigenvalue weighted by Crippen LogP contribution is 2.06. The first-order chi connectivity index (χ1) is 15.5. The number of carboxylic acids is 2. The summed E-state index contributed by atoms with van der Waals surface area (Å²) in [6, 6.07) is -4.96. The van der Waals surface area contributed by atoms with E-state index in [0.717, 1.165) is 0 Å². The first kappa shape index (κ1) is 27.5. The number of rotatable bonds is 15. The smallest absolute Gasteiger partial charge is 0.326 e. The average Bonchev–Trinajstić information content (AvgIpc) is 3.24. The van der Waals surface area contributed by atoms with Crippen molar-refractivity contribution in [2.45, 2.75) is 63.2 Å². The van der Waals surface area contributed by atoms with Crippen LogP contribution in [-0.4, -0.2) is 80.6 Å². The van der Waals surface area contributed by atoms with Gasteiger partial charge in [0, 0.05) is 18.3 Å². The number of carboxylic acid groups (broad SMARTS) is 2. The van der Waals surface area contributed by atoms with Crippen molar-refractivity contribution in [3.05, 3.63) is 18.2 Å². The average molecular weight is 469 g/mol. The number of hydrogen-bond donors (Lipinski definition) is 8. The third-order valence-corrected chi connectivity index (χ3v) is 4.60. The van der Waals surface area contributed by atoms with Gasteiger partial charge in [0.1, 0.15) is 18.1 Å². The lowest BCUT2D eigenvalue weighted by Crippen LogP contribution is -2.57. The van der Waals surface area contributed by atoms with Gasteiger partial charge < -0.3 is 42.6 Å². The fourth-order valence-electron chi connectivity index (χ4n) is 2.81. The molecule has 10 N–H and O–H groups in total. The van der Waals surface area contributed by atoms with Crippen LogP contribution in [0.15, 0.2) is 12.5 Å². The molecule has 4 unspecified atom stereocenters. The van der Waals surface area contributed by atoms with Crippen molar-refractivity contribution >= 4 is 29.7 Å². The Labute approximate surface area is 189 Å². The maximum Gasteiger partial charge on any atom is 0.326 e. The second-order valence-electron chi connectivity index (χ2n) is 7.47. The van der Waals surface area contributed by atoms with Gasteiger partial charge in [0.2, 0.25) is 17.7 Å². The number of unbranched alkanes of at least 4 members (excludes halogenated alkanes) is 1. The molecule has 0 aliphatic rings. The largest absolute Gasteiger partial charge is 0.481 e. The second-order valence-corrected chi connectivity index (χ2v) is 7.47. The van der Waals surface area contributed by atoms with E-state index in [1.807, 2.05) is 0 Å². The molecule has 0 fully saturated rings. The second kappa shape index (κ2) is 13.8. The van der Waals surface area contributed by atoms with E-state index in [4.69, 9.17) is 16.6 Å². The molecular formula is C19H31N7O7. The molecule has 0 radical (unpaired) electrons. The zero-order chi connectivity index (χ0) is 25.0. The lowest BCUT2D eigenvalue weighted by Gasteiger charge is -2.24. The lowest BCUT2D eigenvalue weighted by molar-refractivity contribution is -0.143. The van der Waals surface area contributed by atoms with Gasteiger partial charge >= 0.3 is 11.9 Å². The predicted octanol–water partition coefficient (Wildman–Crippen LogP) is -2.56. The summed E-state index contributed by atoms with van der Waals surface area (Å²) in [6.07, 6.45) is 3.06. The highest BCUT2D eigenvalue weighted by Gasteiger charge is 2.31. The van der Waals surface area contributed by atoms with Gasteiger partial charge in [-0.25, -0.2) is 9.78 Å². The van der Waals surface area contributed by atoms with Crippen LogP contribution in [0.4, 0.5) is 0 Å². The molecule has 1 aromatic heterocycles. The number of nitrogens with zero attached hydrogens (tertiary/aromatic N) is 1. The predicted molar refractivity (Wildman–Crippen MR) is 115 cm³/mol. The number of H-pyrrole nitrogens is 1. The number of aliphatic carboxylic acids is 2. The number of carbonyl (C=O) groups excluding carboxylic acids is 3. The third kappa shape index (κ3) is 10.1. The number of nitrogens with one attached hydrogen (secondary N) is 4. The van der Waals surface area contributed by atoms with Crippen LogP contribution in [0.2, 0.25) is 0 Å². The zero-order valence-electron chi connectivity index (χ0n) is 18.2. The van der Waals surface area contributed by atoms with E-state index in [2.05, 4.69) is 25.9 Å². The van der Waals surface area contributed by atoms with Crippen LogP contribution in [0.3, 0.4) is 0 Å². The molecule has 1 aromatic rings. The van der Waals surface area contributed by atoms with Crippen LogP contribution in [0, 0.1) is 0 Å². The summed E-state index contributed by atoms with van der Waals surface area (Å²) in [4.78, 5) is 66.7. The molecule has 1 rings (SSSR count). The normalized spacial score (nSPS) is 14.4. The Kier molecular flexibility index (Phi) is 11.5. The fraction of sp³-hybridized carbons (Fsp3) is 0.579. The van der Waals surface area contributed by atoms with Gasteiger partial charge in [0.05, 0.1) is 18.8 Å². The summed E-state index contributed by atoms with van der Waals surface area (Å²) in [6.45, 7) is 1.70. The van der Waals surface area contributed by atoms with Crippen molar-refractivity contribution in [2.75, 3.05) is 6.54 Å². The maximum absolute atomic E-state index is 12.8. The van der Waals surface area contributed by atoms with E-state index in [1.54, 1.807) is 0 Å². The third-order valence-electron chi connectivity index (χ3n) is 4.60. The van der Waals surface area contributed by atoms with Crippen molar-refractivity contribution in [2.24, 2.45) is 11.5 Å². The topological polar surface area (TPSA) is 243 Å². The molecule has 0 spiro atoms. The molecule has 0 saturated carbocycles. The monoisotopic (exact) mass is 469 g/mol. The number of imidazole rings is 1. The number of carbonyl (C=O) groups is 5. The molecule has 14 nitrogen and oxygen atoms in total. The molecule has 0 aliphatic heterocycles. The molecule has 3 amide bonds. The number of aromatic amines is 1. The standard InChI is InChI=1S/C19H31N7O7/c1-10(21)16(29)25-13(7-15(27)28)18(31)24-12(4-2-3-5-20)17(30)26-14(19(32)33)6-11-8-22-9-23-11/h8-10,12-14H,2-7,20-21H2,1H3,(H,22,23)(H,24,31)(H,25,29)(H,26,30)(H,27,28)(H,32,33). The minimum atomic E-state index is -1.48. The summed E-state index contributed by atoms with van der Waals surface area (Å²) < 4.78 is 0. The van der Waals surface area contributed by atoms with E-state index < -0.39 is 60.2 Å². The minimum absolute atomic E-state index is 0.0728. The van der Waals surface area contributed by atoms with Gasteiger partial charge in [-0.2, -0.15) is 0 Å². The first-order valence-electron chi connectivity index (χ1n) is 10.3. The quantitative estimate of drug-likeness (QED) is 0.125. The summed E-state index contributed by atoms with van der Waals surface area (Å²) in [5.74, 6) is -5.08. The first-order valence-corrected chi connectivity index (χ1v) is 10.3. The SMILES string of the molecule is CC(N)C(=O)NC(CC(=O)O)C(=O)NC(CCCCN)C(=O)NC(Cc1cnc[nH]1)C(=O)O. The van der Waals surface area contributed by atoms with Crippen LogP contribution in [-0.2, 0) is 30.4 Å². The summed E-state index contributed by atoms with van der Waals surface area (Å²) in [7, 11) is 0. The van der Waals surface area contributed by atoms with E-state index in [0.29, 0.717) is 25.1 Å². The Morgan fingerprint density at radius 2 is 1.61 bits per heavy atom. The van der Waals surface area contributed by atoms with Crippen molar-refractivity contribution in [3.63, 3.8) is 0 Å². The summed E-state index contributed by atoms with van der Waals surface area (Å²) >= 11 is 0. The molecule has 14 heteroatoms. The molecule has 0 aromatic carbocycles. The summed E-state index contributed by atoms with van der Waals surface area (Å²) in [5.41, 5.74) is 11.4. The molecule has 0 aliphatic carbocycles. The summed E-state index contributed by atoms with van der Waals surface area (Å²) in [5, 5.41) is 25.5. The van der Waals surface area contributed by atoms with Gasteiger partial charge in [0.25, 0.3) is 0 Å². The Hall–Kier alpha value is -3.52. The van der Waals surface area contributed by atoms with Crippen molar-refractivity contribution in [1.82, 2.24) is 25.9 Å². The minimum Gasteiger partial charge on any atom is -0.481 e. The van der Waals surface area contributed by atoms with Crippen LogP contribution in [0.5, 0.6) is 0 Å². The number of amides is 3. The van der Waals surface area contributed by atoms with E-state index in [1.165, 1.54) is 19.4 Å². The zero-order valence-corrected chi connectivity index (χ0v) is 18.2. The van der Waals surface area contributed by atoms with Crippen molar-refractivity contribution in [3.8, 4) is 0 Å². The van der Waals surface area contributed by atoms with Gasteiger partial charge in [-0.1, -0.05) is 0 Å².